The Kier molecular flexibility index (Phi) is 4.82. The third-order valence-corrected chi connectivity index (χ3v) is 2.44. The number of hydrogen-bond donors (Lipinski definition) is 1. The van der Waals surface area contributed by atoms with Crippen LogP contribution >= 0.6 is 0 Å². The zero-order valence-electron chi connectivity index (χ0n) is 10.4. The van der Waals surface area contributed by atoms with Crippen molar-refractivity contribution in [1.29, 1.82) is 0 Å². The number of imidazole rings is 1. The molecule has 3 heteroatoms. The van der Waals surface area contributed by atoms with E-state index in [4.69, 9.17) is 0 Å². The van der Waals surface area contributed by atoms with Crippen LogP contribution in [0, 0.1) is 12.8 Å². The average molecular weight is 209 g/mol. The number of aromatic nitrogens is 2. The highest BCUT2D eigenvalue weighted by atomic mass is 15.1. The molecule has 0 saturated heterocycles. The summed E-state index contributed by atoms with van der Waals surface area (Å²) in [6.07, 6.45) is 3.15. The summed E-state index contributed by atoms with van der Waals surface area (Å²) in [5.74, 6) is 1.83. The standard InChI is InChI=1S/C12H23N3/c1-5-6-15-11(4)14-9-12(15)8-13-7-10(2)3/h9-10,13H,5-8H2,1-4H3. The van der Waals surface area contributed by atoms with Gasteiger partial charge in [-0.3, -0.25) is 0 Å². The van der Waals surface area contributed by atoms with Crippen molar-refractivity contribution in [3.05, 3.63) is 17.7 Å². The minimum absolute atomic E-state index is 0.702. The molecule has 0 bridgehead atoms. The van der Waals surface area contributed by atoms with Crippen molar-refractivity contribution >= 4 is 0 Å². The normalized spacial score (nSPS) is 11.3. The number of nitrogens with zero attached hydrogens (tertiary/aromatic N) is 2. The molecule has 3 nitrogen and oxygen atoms in total. The van der Waals surface area contributed by atoms with Gasteiger partial charge in [0.15, 0.2) is 0 Å². The van der Waals surface area contributed by atoms with Crippen molar-refractivity contribution in [3.8, 4) is 0 Å². The fourth-order valence-electron chi connectivity index (χ4n) is 1.67. The van der Waals surface area contributed by atoms with Crippen molar-refractivity contribution in [2.45, 2.75) is 47.2 Å². The van der Waals surface area contributed by atoms with Gasteiger partial charge in [0.05, 0.1) is 5.69 Å². The Labute approximate surface area is 92.9 Å². The molecule has 15 heavy (non-hydrogen) atoms. The first kappa shape index (κ1) is 12.2. The van der Waals surface area contributed by atoms with Gasteiger partial charge in [-0.2, -0.15) is 0 Å². The number of nitrogens with one attached hydrogen (secondary N) is 1. The van der Waals surface area contributed by atoms with Gasteiger partial charge < -0.3 is 9.88 Å². The lowest BCUT2D eigenvalue weighted by molar-refractivity contribution is 0.530. The quantitative estimate of drug-likeness (QED) is 0.779. The lowest BCUT2D eigenvalue weighted by Crippen LogP contribution is -2.21. The Morgan fingerprint density at radius 2 is 2.20 bits per heavy atom. The molecule has 0 aromatic carbocycles. The lowest BCUT2D eigenvalue weighted by Gasteiger charge is -2.11. The van der Waals surface area contributed by atoms with E-state index >= 15 is 0 Å². The highest BCUT2D eigenvalue weighted by molar-refractivity contribution is 5.04. The molecule has 0 aliphatic heterocycles. The van der Waals surface area contributed by atoms with Gasteiger partial charge in [0.25, 0.3) is 0 Å². The minimum Gasteiger partial charge on any atom is -0.331 e. The Hall–Kier alpha value is -0.830. The molecule has 1 aromatic heterocycles. The molecule has 0 amide bonds. The summed E-state index contributed by atoms with van der Waals surface area (Å²) < 4.78 is 2.30. The fraction of sp³-hybridized carbons (Fsp3) is 0.750. The summed E-state index contributed by atoms with van der Waals surface area (Å²) in [5, 5.41) is 3.45. The predicted octanol–water partition coefficient (Wildman–Crippen LogP) is 2.35. The van der Waals surface area contributed by atoms with E-state index < -0.39 is 0 Å². The highest BCUT2D eigenvalue weighted by Gasteiger charge is 2.05. The molecule has 0 atom stereocenters. The summed E-state index contributed by atoms with van der Waals surface area (Å²) in [6, 6.07) is 0. The zero-order chi connectivity index (χ0) is 11.3. The Bertz CT molecular complexity index is 289. The van der Waals surface area contributed by atoms with Crippen LogP contribution in [0.5, 0.6) is 0 Å². The number of rotatable bonds is 6. The molecule has 0 spiro atoms. The van der Waals surface area contributed by atoms with Gasteiger partial charge in [-0.05, 0) is 25.8 Å². The second kappa shape index (κ2) is 5.91. The molecular formula is C12H23N3. The first-order chi connectivity index (χ1) is 7.15. The SMILES string of the molecule is CCCn1c(CNCC(C)C)cnc1C. The summed E-state index contributed by atoms with van der Waals surface area (Å²) in [6.45, 7) is 11.8. The van der Waals surface area contributed by atoms with Crippen molar-refractivity contribution in [2.24, 2.45) is 5.92 Å². The third kappa shape index (κ3) is 3.67. The van der Waals surface area contributed by atoms with E-state index in [1.165, 1.54) is 5.69 Å². The second-order valence-electron chi connectivity index (χ2n) is 4.47. The zero-order valence-corrected chi connectivity index (χ0v) is 10.4. The van der Waals surface area contributed by atoms with Crippen molar-refractivity contribution in [3.63, 3.8) is 0 Å². The van der Waals surface area contributed by atoms with Gasteiger partial charge in [-0.15, -0.1) is 0 Å². The molecule has 1 aromatic rings. The molecule has 86 valence electrons. The second-order valence-corrected chi connectivity index (χ2v) is 4.47. The maximum atomic E-state index is 4.36. The molecule has 0 aliphatic rings. The maximum Gasteiger partial charge on any atom is 0.105 e. The minimum atomic E-state index is 0.702. The van der Waals surface area contributed by atoms with E-state index in [9.17, 15) is 0 Å². The first-order valence-electron chi connectivity index (χ1n) is 5.86. The molecule has 0 saturated carbocycles. The molecule has 1 N–H and O–H groups in total. The van der Waals surface area contributed by atoms with Gasteiger partial charge >= 0.3 is 0 Å². The summed E-state index contributed by atoms with van der Waals surface area (Å²) in [7, 11) is 0. The molecule has 0 aliphatic carbocycles. The Morgan fingerprint density at radius 1 is 1.47 bits per heavy atom. The largest absolute Gasteiger partial charge is 0.331 e. The smallest absolute Gasteiger partial charge is 0.105 e. The molecule has 1 heterocycles. The number of aryl methyl sites for hydroxylation is 1. The topological polar surface area (TPSA) is 29.9 Å². The summed E-state index contributed by atoms with van der Waals surface area (Å²) >= 11 is 0. The summed E-state index contributed by atoms with van der Waals surface area (Å²) in [4.78, 5) is 4.36. The maximum absolute atomic E-state index is 4.36. The van der Waals surface area contributed by atoms with Crippen LogP contribution in [-0.4, -0.2) is 16.1 Å². The van der Waals surface area contributed by atoms with Gasteiger partial charge in [0.2, 0.25) is 0 Å². The van der Waals surface area contributed by atoms with Crippen LogP contribution in [0.2, 0.25) is 0 Å². The highest BCUT2D eigenvalue weighted by Crippen LogP contribution is 2.05. The first-order valence-corrected chi connectivity index (χ1v) is 5.86. The molecule has 0 fully saturated rings. The van der Waals surface area contributed by atoms with Crippen LogP contribution in [0.3, 0.4) is 0 Å². The monoisotopic (exact) mass is 209 g/mol. The van der Waals surface area contributed by atoms with E-state index in [0.717, 1.165) is 31.9 Å². The van der Waals surface area contributed by atoms with Crippen LogP contribution in [0.4, 0.5) is 0 Å². The average Bonchev–Trinajstić information content (AvgIpc) is 2.50. The van der Waals surface area contributed by atoms with E-state index in [2.05, 4.69) is 42.6 Å². The van der Waals surface area contributed by atoms with Gasteiger partial charge in [-0.1, -0.05) is 20.8 Å². The van der Waals surface area contributed by atoms with Gasteiger partial charge in [0.1, 0.15) is 5.82 Å². The van der Waals surface area contributed by atoms with Crippen LogP contribution in [0.1, 0.15) is 38.7 Å². The van der Waals surface area contributed by atoms with Crippen LogP contribution < -0.4 is 5.32 Å². The Morgan fingerprint density at radius 3 is 2.80 bits per heavy atom. The molecule has 0 unspecified atom stereocenters. The van der Waals surface area contributed by atoms with E-state index in [0.29, 0.717) is 5.92 Å². The summed E-state index contributed by atoms with van der Waals surface area (Å²) in [5.41, 5.74) is 1.30. The van der Waals surface area contributed by atoms with Crippen molar-refractivity contribution < 1.29 is 0 Å². The lowest BCUT2D eigenvalue weighted by atomic mass is 10.2. The van der Waals surface area contributed by atoms with E-state index in [1.807, 2.05) is 6.20 Å². The van der Waals surface area contributed by atoms with E-state index in [-0.39, 0.29) is 0 Å². The predicted molar refractivity (Wildman–Crippen MR) is 63.8 cm³/mol. The van der Waals surface area contributed by atoms with Gasteiger partial charge in [0, 0.05) is 19.3 Å². The van der Waals surface area contributed by atoms with Gasteiger partial charge in [-0.25, -0.2) is 4.98 Å². The third-order valence-electron chi connectivity index (χ3n) is 2.44. The van der Waals surface area contributed by atoms with Crippen molar-refractivity contribution in [2.75, 3.05) is 6.54 Å². The van der Waals surface area contributed by atoms with Crippen LogP contribution in [0.15, 0.2) is 6.20 Å². The Balaban J connectivity index is 2.52. The molecule has 0 radical (unpaired) electrons. The number of hydrogen-bond acceptors (Lipinski definition) is 2. The van der Waals surface area contributed by atoms with Crippen LogP contribution in [-0.2, 0) is 13.1 Å². The molecule has 1 rings (SSSR count). The fourth-order valence-corrected chi connectivity index (χ4v) is 1.67. The van der Waals surface area contributed by atoms with E-state index in [1.54, 1.807) is 0 Å². The molecular weight excluding hydrogens is 186 g/mol. The van der Waals surface area contributed by atoms with Crippen molar-refractivity contribution in [1.82, 2.24) is 14.9 Å². The van der Waals surface area contributed by atoms with Crippen LogP contribution in [0.25, 0.3) is 0 Å².